The summed E-state index contributed by atoms with van der Waals surface area (Å²) in [6.45, 7) is 0. The highest BCUT2D eigenvalue weighted by molar-refractivity contribution is 5.85. The smallest absolute Gasteiger partial charge is 0.166 e. The molecule has 2 saturated carbocycles. The van der Waals surface area contributed by atoms with Crippen LogP contribution in [-0.4, -0.2) is 25.6 Å². The van der Waals surface area contributed by atoms with Crippen LogP contribution in [-0.2, 0) is 0 Å². The van der Waals surface area contributed by atoms with Crippen molar-refractivity contribution in [1.82, 2.24) is 19.5 Å². The fourth-order valence-electron chi connectivity index (χ4n) is 3.78. The van der Waals surface area contributed by atoms with Crippen LogP contribution in [0.4, 0.5) is 5.82 Å². The molecule has 25 heavy (non-hydrogen) atoms. The largest absolute Gasteiger partial charge is 0.365 e. The van der Waals surface area contributed by atoms with Gasteiger partial charge in [-0.15, -0.1) is 0 Å². The molecule has 5 nitrogen and oxygen atoms in total. The van der Waals surface area contributed by atoms with Gasteiger partial charge in [0, 0.05) is 17.6 Å². The van der Waals surface area contributed by atoms with Crippen molar-refractivity contribution in [2.45, 2.75) is 57.0 Å². The molecule has 0 aliphatic heterocycles. The SMILES string of the molecule is c1ccc(-c2nc(NC3CC3)c3ncn(C4CCCCC4)c3n2)cc1. The van der Waals surface area contributed by atoms with Crippen LogP contribution in [0.25, 0.3) is 22.6 Å². The Morgan fingerprint density at radius 2 is 1.72 bits per heavy atom. The molecule has 2 heterocycles. The van der Waals surface area contributed by atoms with Crippen LogP contribution < -0.4 is 5.32 Å². The topological polar surface area (TPSA) is 55.6 Å². The Morgan fingerprint density at radius 3 is 2.48 bits per heavy atom. The summed E-state index contributed by atoms with van der Waals surface area (Å²) < 4.78 is 2.29. The number of hydrogen-bond donors (Lipinski definition) is 1. The van der Waals surface area contributed by atoms with Crippen molar-refractivity contribution in [2.24, 2.45) is 0 Å². The summed E-state index contributed by atoms with van der Waals surface area (Å²) in [6.07, 6.45) is 10.8. The normalized spacial score (nSPS) is 18.6. The molecule has 2 aromatic heterocycles. The zero-order valence-corrected chi connectivity index (χ0v) is 14.4. The summed E-state index contributed by atoms with van der Waals surface area (Å²) >= 11 is 0. The highest BCUT2D eigenvalue weighted by atomic mass is 15.2. The molecule has 2 fully saturated rings. The second-order valence-electron chi connectivity index (χ2n) is 7.30. The Labute approximate surface area is 147 Å². The number of aromatic nitrogens is 4. The summed E-state index contributed by atoms with van der Waals surface area (Å²) in [5.41, 5.74) is 2.95. The van der Waals surface area contributed by atoms with E-state index in [1.165, 1.54) is 44.9 Å². The molecule has 0 amide bonds. The molecule has 1 aromatic carbocycles. The first-order chi connectivity index (χ1) is 12.4. The van der Waals surface area contributed by atoms with Gasteiger partial charge in [-0.05, 0) is 25.7 Å². The van der Waals surface area contributed by atoms with E-state index in [1.807, 2.05) is 24.5 Å². The lowest BCUT2D eigenvalue weighted by Crippen LogP contribution is -2.13. The van der Waals surface area contributed by atoms with Crippen molar-refractivity contribution in [2.75, 3.05) is 5.32 Å². The van der Waals surface area contributed by atoms with Crippen LogP contribution in [0.15, 0.2) is 36.7 Å². The minimum absolute atomic E-state index is 0.519. The molecular formula is C20H23N5. The van der Waals surface area contributed by atoms with Gasteiger partial charge in [-0.25, -0.2) is 15.0 Å². The van der Waals surface area contributed by atoms with Crippen LogP contribution >= 0.6 is 0 Å². The van der Waals surface area contributed by atoms with Crippen molar-refractivity contribution in [3.63, 3.8) is 0 Å². The Balaban J connectivity index is 1.64. The Hall–Kier alpha value is -2.43. The van der Waals surface area contributed by atoms with Crippen molar-refractivity contribution >= 4 is 17.0 Å². The van der Waals surface area contributed by atoms with Gasteiger partial charge in [0.2, 0.25) is 0 Å². The van der Waals surface area contributed by atoms with Gasteiger partial charge in [0.1, 0.15) is 5.52 Å². The van der Waals surface area contributed by atoms with Crippen molar-refractivity contribution in [3.05, 3.63) is 36.7 Å². The summed E-state index contributed by atoms with van der Waals surface area (Å²) in [7, 11) is 0. The first-order valence-corrected chi connectivity index (χ1v) is 9.45. The lowest BCUT2D eigenvalue weighted by molar-refractivity contribution is 0.358. The summed E-state index contributed by atoms with van der Waals surface area (Å²) in [5.74, 6) is 1.68. The molecule has 0 bridgehead atoms. The standard InChI is InChI=1S/C20H23N5/c1-3-7-14(8-4-1)18-23-19(22-15-11-12-15)17-20(24-18)25(13-21-17)16-9-5-2-6-10-16/h1,3-4,7-8,13,15-16H,2,5-6,9-12H2,(H,22,23,24). The third-order valence-corrected chi connectivity index (χ3v) is 5.34. The zero-order chi connectivity index (χ0) is 16.6. The Kier molecular flexibility index (Phi) is 3.65. The van der Waals surface area contributed by atoms with E-state index in [-0.39, 0.29) is 0 Å². The van der Waals surface area contributed by atoms with Gasteiger partial charge >= 0.3 is 0 Å². The van der Waals surface area contributed by atoms with Crippen LogP contribution in [0.2, 0.25) is 0 Å². The molecule has 5 rings (SSSR count). The van der Waals surface area contributed by atoms with E-state index in [4.69, 9.17) is 9.97 Å². The van der Waals surface area contributed by atoms with E-state index in [0.29, 0.717) is 12.1 Å². The summed E-state index contributed by atoms with van der Waals surface area (Å²) in [4.78, 5) is 14.4. The molecule has 5 heteroatoms. The third kappa shape index (κ3) is 2.88. The number of fused-ring (bicyclic) bond motifs is 1. The van der Waals surface area contributed by atoms with Gasteiger partial charge in [0.15, 0.2) is 17.3 Å². The molecule has 2 aliphatic rings. The average Bonchev–Trinajstić information content (AvgIpc) is 3.38. The van der Waals surface area contributed by atoms with E-state index in [1.54, 1.807) is 0 Å². The van der Waals surface area contributed by atoms with Gasteiger partial charge in [0.05, 0.1) is 6.33 Å². The lowest BCUT2D eigenvalue weighted by Gasteiger charge is -2.23. The fraction of sp³-hybridized carbons (Fsp3) is 0.450. The molecule has 3 aromatic rings. The Morgan fingerprint density at radius 1 is 0.920 bits per heavy atom. The average molecular weight is 333 g/mol. The molecule has 0 spiro atoms. The first-order valence-electron chi connectivity index (χ1n) is 9.45. The molecule has 1 N–H and O–H groups in total. The minimum atomic E-state index is 0.519. The summed E-state index contributed by atoms with van der Waals surface area (Å²) in [5, 5.41) is 3.56. The zero-order valence-electron chi connectivity index (χ0n) is 14.4. The quantitative estimate of drug-likeness (QED) is 0.759. The lowest BCUT2D eigenvalue weighted by atomic mass is 9.95. The number of rotatable bonds is 4. The maximum Gasteiger partial charge on any atom is 0.166 e. The number of anilines is 1. The van der Waals surface area contributed by atoms with Gasteiger partial charge in [-0.2, -0.15) is 0 Å². The van der Waals surface area contributed by atoms with Crippen LogP contribution in [0, 0.1) is 0 Å². The molecule has 0 radical (unpaired) electrons. The van der Waals surface area contributed by atoms with Gasteiger partial charge < -0.3 is 9.88 Å². The monoisotopic (exact) mass is 333 g/mol. The van der Waals surface area contributed by atoms with Gasteiger partial charge in [0.25, 0.3) is 0 Å². The number of hydrogen-bond acceptors (Lipinski definition) is 4. The second kappa shape index (κ2) is 6.14. The van der Waals surface area contributed by atoms with Crippen molar-refractivity contribution in [3.8, 4) is 11.4 Å². The van der Waals surface area contributed by atoms with E-state index in [9.17, 15) is 0 Å². The molecule has 2 aliphatic carbocycles. The number of nitrogens with one attached hydrogen (secondary N) is 1. The van der Waals surface area contributed by atoms with E-state index in [0.717, 1.165) is 28.4 Å². The molecular weight excluding hydrogens is 310 g/mol. The van der Waals surface area contributed by atoms with E-state index >= 15 is 0 Å². The molecule has 128 valence electrons. The second-order valence-corrected chi connectivity index (χ2v) is 7.30. The fourth-order valence-corrected chi connectivity index (χ4v) is 3.78. The Bertz CT molecular complexity index is 876. The predicted octanol–water partition coefficient (Wildman–Crippen LogP) is 4.57. The van der Waals surface area contributed by atoms with Crippen LogP contribution in [0.3, 0.4) is 0 Å². The van der Waals surface area contributed by atoms with Crippen LogP contribution in [0.5, 0.6) is 0 Å². The molecule has 0 saturated heterocycles. The summed E-state index contributed by atoms with van der Waals surface area (Å²) in [6, 6.07) is 11.3. The number of nitrogens with zero attached hydrogens (tertiary/aromatic N) is 4. The minimum Gasteiger partial charge on any atom is -0.365 e. The highest BCUT2D eigenvalue weighted by Gasteiger charge is 2.25. The van der Waals surface area contributed by atoms with Gasteiger partial charge in [-0.1, -0.05) is 49.6 Å². The maximum atomic E-state index is 4.92. The van der Waals surface area contributed by atoms with E-state index < -0.39 is 0 Å². The number of imidazole rings is 1. The van der Waals surface area contributed by atoms with Gasteiger partial charge in [-0.3, -0.25) is 0 Å². The molecule has 0 atom stereocenters. The number of benzene rings is 1. The van der Waals surface area contributed by atoms with Crippen LogP contribution in [0.1, 0.15) is 51.0 Å². The highest BCUT2D eigenvalue weighted by Crippen LogP contribution is 2.34. The predicted molar refractivity (Wildman–Crippen MR) is 99.5 cm³/mol. The maximum absolute atomic E-state index is 4.92. The third-order valence-electron chi connectivity index (χ3n) is 5.34. The molecule has 0 unspecified atom stereocenters. The first kappa shape index (κ1) is 14.9. The van der Waals surface area contributed by atoms with E-state index in [2.05, 4.69) is 27.0 Å². The van der Waals surface area contributed by atoms with Crippen molar-refractivity contribution < 1.29 is 0 Å². The van der Waals surface area contributed by atoms with Crippen molar-refractivity contribution in [1.29, 1.82) is 0 Å².